The molecule has 1 aromatic rings. The minimum absolute atomic E-state index is 0.403. The van der Waals surface area contributed by atoms with Crippen LogP contribution in [0.3, 0.4) is 0 Å². The van der Waals surface area contributed by atoms with Gasteiger partial charge in [0, 0.05) is 50.4 Å². The van der Waals surface area contributed by atoms with E-state index in [4.69, 9.17) is 0 Å². The van der Waals surface area contributed by atoms with Crippen LogP contribution in [0, 0.1) is 0 Å². The van der Waals surface area contributed by atoms with Gasteiger partial charge in [-0.15, -0.1) is 0 Å². The fraction of sp³-hybridized carbons (Fsp3) is 0.533. The number of Topliss-reactive ketones (excluding diaryl/α,β-unsaturated/α-hetero) is 1. The van der Waals surface area contributed by atoms with Gasteiger partial charge in [-0.25, -0.2) is 0 Å². The Morgan fingerprint density at radius 3 is 1.67 bits per heavy atom. The lowest BCUT2D eigenvalue weighted by Gasteiger charge is -2.28. The maximum absolute atomic E-state index is 11.2. The number of hydrogen-bond donors (Lipinski definition) is 0. The maximum atomic E-state index is 11.2. The second-order valence-corrected chi connectivity index (χ2v) is 5.24. The number of hydrogen-bond acceptors (Lipinski definition) is 3. The van der Waals surface area contributed by atoms with Crippen LogP contribution in [-0.4, -0.2) is 32.0 Å². The lowest BCUT2D eigenvalue weighted by atomic mass is 10.1. The van der Waals surface area contributed by atoms with E-state index in [1.165, 1.54) is 37.3 Å². The van der Waals surface area contributed by atoms with Crippen molar-refractivity contribution < 1.29 is 4.79 Å². The molecule has 0 atom stereocenters. The molecule has 2 aliphatic rings. The zero-order valence-electron chi connectivity index (χ0n) is 10.8. The highest BCUT2D eigenvalue weighted by atomic mass is 16.1. The average Bonchev–Trinajstić information content (AvgIpc) is 2.94. The Balaban J connectivity index is 1.68. The summed E-state index contributed by atoms with van der Waals surface area (Å²) in [6.45, 7) is 4.14. The number of ketones is 1. The van der Waals surface area contributed by atoms with Crippen molar-refractivity contribution >= 4 is 17.2 Å². The van der Waals surface area contributed by atoms with Gasteiger partial charge in [-0.05, 0) is 37.1 Å². The van der Waals surface area contributed by atoms with Crippen molar-refractivity contribution in [2.45, 2.75) is 25.7 Å². The van der Waals surface area contributed by atoms with Crippen LogP contribution < -0.4 is 9.80 Å². The highest BCUT2D eigenvalue weighted by Gasteiger charge is 2.17. The third-order valence-corrected chi connectivity index (χ3v) is 4.01. The van der Waals surface area contributed by atoms with Crippen LogP contribution in [-0.2, 0) is 4.79 Å². The van der Waals surface area contributed by atoms with Crippen LogP contribution in [0.2, 0.25) is 0 Å². The van der Waals surface area contributed by atoms with E-state index in [2.05, 4.69) is 34.1 Å². The van der Waals surface area contributed by atoms with Gasteiger partial charge in [-0.2, -0.15) is 0 Å². The van der Waals surface area contributed by atoms with Gasteiger partial charge < -0.3 is 9.80 Å². The third kappa shape index (κ3) is 2.35. The molecule has 2 aliphatic heterocycles. The summed E-state index contributed by atoms with van der Waals surface area (Å²) >= 11 is 0. The molecular formula is C15H20N2O. The first-order valence-corrected chi connectivity index (χ1v) is 6.94. The molecule has 96 valence electrons. The first-order valence-electron chi connectivity index (χ1n) is 6.94. The van der Waals surface area contributed by atoms with Crippen molar-refractivity contribution in [3.63, 3.8) is 0 Å². The van der Waals surface area contributed by atoms with Gasteiger partial charge in [0.05, 0.1) is 0 Å². The molecule has 0 bridgehead atoms. The lowest BCUT2D eigenvalue weighted by Crippen LogP contribution is -2.33. The molecule has 18 heavy (non-hydrogen) atoms. The first kappa shape index (κ1) is 11.6. The van der Waals surface area contributed by atoms with Gasteiger partial charge in [0.15, 0.2) is 0 Å². The summed E-state index contributed by atoms with van der Waals surface area (Å²) in [5.74, 6) is 0.403. The lowest BCUT2D eigenvalue weighted by molar-refractivity contribution is -0.119. The number of piperidine rings is 1. The van der Waals surface area contributed by atoms with Gasteiger partial charge in [-0.3, -0.25) is 4.79 Å². The number of rotatable bonds is 2. The molecule has 3 nitrogen and oxygen atoms in total. The summed E-state index contributed by atoms with van der Waals surface area (Å²) in [5.41, 5.74) is 2.59. The topological polar surface area (TPSA) is 23.6 Å². The van der Waals surface area contributed by atoms with Gasteiger partial charge in [-0.1, -0.05) is 0 Å². The zero-order chi connectivity index (χ0) is 12.4. The fourth-order valence-electron chi connectivity index (χ4n) is 2.86. The smallest absolute Gasteiger partial charge is 0.136 e. The second kappa shape index (κ2) is 5.01. The molecule has 0 unspecified atom stereocenters. The quantitative estimate of drug-likeness (QED) is 0.798. The average molecular weight is 244 g/mol. The van der Waals surface area contributed by atoms with Gasteiger partial charge in [0.2, 0.25) is 0 Å². The Morgan fingerprint density at radius 1 is 0.722 bits per heavy atom. The van der Waals surface area contributed by atoms with Crippen LogP contribution in [0.4, 0.5) is 11.4 Å². The zero-order valence-corrected chi connectivity index (χ0v) is 10.8. The molecule has 0 spiro atoms. The molecule has 0 aromatic heterocycles. The summed E-state index contributed by atoms with van der Waals surface area (Å²) in [6.07, 6.45) is 4.04. The molecule has 2 fully saturated rings. The molecule has 0 amide bonds. The second-order valence-electron chi connectivity index (χ2n) is 5.24. The normalized spacial score (nSPS) is 20.6. The Hall–Kier alpha value is -1.51. The molecule has 3 heteroatoms. The van der Waals surface area contributed by atoms with Crippen molar-refractivity contribution in [2.24, 2.45) is 0 Å². The maximum Gasteiger partial charge on any atom is 0.136 e. The van der Waals surface area contributed by atoms with E-state index in [0.717, 1.165) is 13.1 Å². The summed E-state index contributed by atoms with van der Waals surface area (Å²) in [6, 6.07) is 8.83. The van der Waals surface area contributed by atoms with E-state index in [9.17, 15) is 4.79 Å². The standard InChI is InChI=1S/C15H20N2O/c18-15-7-11-17(12-8-15)14-5-3-13(4-6-14)16-9-1-2-10-16/h3-6H,1-2,7-12H2. The molecule has 0 N–H and O–H groups in total. The molecule has 1 aromatic carbocycles. The summed E-state index contributed by atoms with van der Waals surface area (Å²) < 4.78 is 0. The van der Waals surface area contributed by atoms with Crippen molar-refractivity contribution in [3.8, 4) is 0 Å². The van der Waals surface area contributed by atoms with E-state index >= 15 is 0 Å². The van der Waals surface area contributed by atoms with Crippen molar-refractivity contribution in [2.75, 3.05) is 36.0 Å². The monoisotopic (exact) mass is 244 g/mol. The molecule has 2 saturated heterocycles. The number of carbonyl (C=O) groups is 1. The SMILES string of the molecule is O=C1CCN(c2ccc(N3CCCC3)cc2)CC1. The van der Waals surface area contributed by atoms with E-state index in [1.807, 2.05) is 0 Å². The Labute approximate surface area is 108 Å². The van der Waals surface area contributed by atoms with Crippen LogP contribution in [0.5, 0.6) is 0 Å². The molecular weight excluding hydrogens is 224 g/mol. The van der Waals surface area contributed by atoms with E-state index in [1.54, 1.807) is 0 Å². The Morgan fingerprint density at radius 2 is 1.17 bits per heavy atom. The number of anilines is 2. The molecule has 2 heterocycles. The molecule has 0 radical (unpaired) electrons. The predicted molar refractivity (Wildman–Crippen MR) is 74.3 cm³/mol. The van der Waals surface area contributed by atoms with Crippen molar-refractivity contribution in [1.82, 2.24) is 0 Å². The van der Waals surface area contributed by atoms with Gasteiger partial charge >= 0.3 is 0 Å². The highest BCUT2D eigenvalue weighted by Crippen LogP contribution is 2.25. The van der Waals surface area contributed by atoms with Gasteiger partial charge in [0.25, 0.3) is 0 Å². The minimum Gasteiger partial charge on any atom is -0.372 e. The summed E-state index contributed by atoms with van der Waals surface area (Å²) in [4.78, 5) is 16.0. The van der Waals surface area contributed by atoms with E-state index in [-0.39, 0.29) is 0 Å². The third-order valence-electron chi connectivity index (χ3n) is 4.01. The summed E-state index contributed by atoms with van der Waals surface area (Å²) in [5, 5.41) is 0. The van der Waals surface area contributed by atoms with Crippen LogP contribution >= 0.6 is 0 Å². The van der Waals surface area contributed by atoms with E-state index in [0.29, 0.717) is 18.6 Å². The fourth-order valence-corrected chi connectivity index (χ4v) is 2.86. The molecule has 0 aliphatic carbocycles. The van der Waals surface area contributed by atoms with Crippen molar-refractivity contribution in [1.29, 1.82) is 0 Å². The predicted octanol–water partition coefficient (Wildman–Crippen LogP) is 2.46. The minimum atomic E-state index is 0.403. The Kier molecular flexibility index (Phi) is 3.22. The number of nitrogens with zero attached hydrogens (tertiary/aromatic N) is 2. The first-order chi connectivity index (χ1) is 8.83. The van der Waals surface area contributed by atoms with Crippen LogP contribution in [0.25, 0.3) is 0 Å². The highest BCUT2D eigenvalue weighted by molar-refractivity contribution is 5.81. The van der Waals surface area contributed by atoms with E-state index < -0.39 is 0 Å². The van der Waals surface area contributed by atoms with Gasteiger partial charge in [0.1, 0.15) is 5.78 Å². The van der Waals surface area contributed by atoms with Crippen molar-refractivity contribution in [3.05, 3.63) is 24.3 Å². The van der Waals surface area contributed by atoms with Crippen LogP contribution in [0.1, 0.15) is 25.7 Å². The molecule has 0 saturated carbocycles. The summed E-state index contributed by atoms with van der Waals surface area (Å²) in [7, 11) is 0. The number of carbonyl (C=O) groups excluding carboxylic acids is 1. The largest absolute Gasteiger partial charge is 0.372 e. The number of benzene rings is 1. The van der Waals surface area contributed by atoms with Crippen LogP contribution in [0.15, 0.2) is 24.3 Å². The molecule has 3 rings (SSSR count). The Bertz CT molecular complexity index is 411.